The highest BCUT2D eigenvalue weighted by atomic mass is 35.5. The van der Waals surface area contributed by atoms with E-state index in [2.05, 4.69) is 6.07 Å². The SMILES string of the molecule is O=C(c1ccccc1-n1cccc1)N(Cc1ccc(Cl)cc1)Cc1ccc2c(c1)COCO2. The van der Waals surface area contributed by atoms with Crippen LogP contribution >= 0.6 is 11.6 Å². The number of fused-ring (bicyclic) bond motifs is 1. The van der Waals surface area contributed by atoms with E-state index in [9.17, 15) is 4.79 Å². The largest absolute Gasteiger partial charge is 0.467 e. The second-order valence-electron chi connectivity index (χ2n) is 7.95. The third-order valence-electron chi connectivity index (χ3n) is 5.64. The number of benzene rings is 3. The minimum Gasteiger partial charge on any atom is -0.467 e. The van der Waals surface area contributed by atoms with E-state index in [0.717, 1.165) is 28.1 Å². The molecule has 4 aromatic rings. The van der Waals surface area contributed by atoms with Crippen molar-refractivity contribution < 1.29 is 14.3 Å². The maximum atomic E-state index is 13.9. The quantitative estimate of drug-likeness (QED) is 0.364. The highest BCUT2D eigenvalue weighted by molar-refractivity contribution is 6.30. The molecule has 3 aromatic carbocycles. The molecule has 2 heterocycles. The van der Waals surface area contributed by atoms with Crippen LogP contribution in [0.25, 0.3) is 5.69 Å². The minimum absolute atomic E-state index is 0.0422. The third-order valence-corrected chi connectivity index (χ3v) is 5.90. The highest BCUT2D eigenvalue weighted by Crippen LogP contribution is 2.26. The van der Waals surface area contributed by atoms with Gasteiger partial charge in [-0.2, -0.15) is 0 Å². The summed E-state index contributed by atoms with van der Waals surface area (Å²) in [4.78, 5) is 15.7. The molecule has 166 valence electrons. The number of aromatic nitrogens is 1. The Bertz CT molecular complexity index is 1250. The number of halogens is 1. The van der Waals surface area contributed by atoms with Gasteiger partial charge in [0.05, 0.1) is 17.9 Å². The summed E-state index contributed by atoms with van der Waals surface area (Å²) in [6.07, 6.45) is 3.89. The van der Waals surface area contributed by atoms with Gasteiger partial charge < -0.3 is 18.9 Å². The molecule has 1 aliphatic heterocycles. The topological polar surface area (TPSA) is 43.7 Å². The number of carbonyl (C=O) groups excluding carboxylic acids is 1. The van der Waals surface area contributed by atoms with Crippen LogP contribution in [0.5, 0.6) is 5.75 Å². The normalized spacial score (nSPS) is 12.6. The van der Waals surface area contributed by atoms with Crippen molar-refractivity contribution in [3.63, 3.8) is 0 Å². The van der Waals surface area contributed by atoms with Crippen molar-refractivity contribution >= 4 is 17.5 Å². The summed E-state index contributed by atoms with van der Waals surface area (Å²) in [6.45, 7) is 1.68. The molecule has 0 saturated heterocycles. The number of rotatable bonds is 6. The first kappa shape index (κ1) is 21.3. The lowest BCUT2D eigenvalue weighted by atomic mass is 10.1. The summed E-state index contributed by atoms with van der Waals surface area (Å²) in [7, 11) is 0. The van der Waals surface area contributed by atoms with Crippen molar-refractivity contribution in [3.05, 3.63) is 119 Å². The van der Waals surface area contributed by atoms with E-state index >= 15 is 0 Å². The first-order valence-corrected chi connectivity index (χ1v) is 11.1. The fraction of sp³-hybridized carbons (Fsp3) is 0.148. The molecule has 1 aromatic heterocycles. The van der Waals surface area contributed by atoms with Gasteiger partial charge in [0.25, 0.3) is 5.91 Å². The lowest BCUT2D eigenvalue weighted by Crippen LogP contribution is -2.31. The average Bonchev–Trinajstić information content (AvgIpc) is 3.39. The van der Waals surface area contributed by atoms with E-state index in [-0.39, 0.29) is 12.7 Å². The van der Waals surface area contributed by atoms with Crippen LogP contribution in [0.1, 0.15) is 27.0 Å². The summed E-state index contributed by atoms with van der Waals surface area (Å²) in [5, 5.41) is 0.671. The van der Waals surface area contributed by atoms with Crippen LogP contribution in [0.3, 0.4) is 0 Å². The van der Waals surface area contributed by atoms with E-state index in [4.69, 9.17) is 21.1 Å². The van der Waals surface area contributed by atoms with Gasteiger partial charge >= 0.3 is 0 Å². The molecule has 0 atom stereocenters. The molecule has 1 aliphatic rings. The predicted octanol–water partition coefficient (Wildman–Crippen LogP) is 5.84. The maximum absolute atomic E-state index is 13.9. The highest BCUT2D eigenvalue weighted by Gasteiger charge is 2.21. The molecule has 0 radical (unpaired) electrons. The van der Waals surface area contributed by atoms with Crippen molar-refractivity contribution in [1.29, 1.82) is 0 Å². The minimum atomic E-state index is -0.0422. The Morgan fingerprint density at radius 2 is 1.64 bits per heavy atom. The molecule has 5 rings (SSSR count). The summed E-state index contributed by atoms with van der Waals surface area (Å²) in [5.41, 5.74) is 4.51. The molecule has 1 amide bonds. The van der Waals surface area contributed by atoms with Crippen LogP contribution in [0.2, 0.25) is 5.02 Å². The van der Waals surface area contributed by atoms with Gasteiger partial charge in [0.2, 0.25) is 0 Å². The number of para-hydroxylation sites is 1. The number of hydrogen-bond acceptors (Lipinski definition) is 3. The number of amides is 1. The van der Waals surface area contributed by atoms with Gasteiger partial charge in [-0.15, -0.1) is 0 Å². The molecule has 0 spiro atoms. The number of carbonyl (C=O) groups is 1. The van der Waals surface area contributed by atoms with Gasteiger partial charge in [0.15, 0.2) is 6.79 Å². The summed E-state index contributed by atoms with van der Waals surface area (Å²) in [5.74, 6) is 0.790. The Labute approximate surface area is 197 Å². The lowest BCUT2D eigenvalue weighted by molar-refractivity contribution is -0.0164. The predicted molar refractivity (Wildman–Crippen MR) is 128 cm³/mol. The van der Waals surface area contributed by atoms with E-state index in [1.165, 1.54) is 0 Å². The number of ether oxygens (including phenoxy) is 2. The lowest BCUT2D eigenvalue weighted by Gasteiger charge is -2.25. The first-order chi connectivity index (χ1) is 16.2. The molecule has 6 heteroatoms. The Kier molecular flexibility index (Phi) is 6.15. The van der Waals surface area contributed by atoms with Crippen molar-refractivity contribution in [1.82, 2.24) is 9.47 Å². The second-order valence-corrected chi connectivity index (χ2v) is 8.38. The van der Waals surface area contributed by atoms with Gasteiger partial charge in [-0.05, 0) is 59.7 Å². The van der Waals surface area contributed by atoms with E-state index in [0.29, 0.717) is 30.3 Å². The van der Waals surface area contributed by atoms with Crippen LogP contribution in [0.4, 0.5) is 0 Å². The molecular weight excluding hydrogens is 436 g/mol. The van der Waals surface area contributed by atoms with Crippen molar-refractivity contribution in [2.75, 3.05) is 6.79 Å². The monoisotopic (exact) mass is 458 g/mol. The van der Waals surface area contributed by atoms with Gasteiger partial charge in [-0.25, -0.2) is 0 Å². The maximum Gasteiger partial charge on any atom is 0.256 e. The van der Waals surface area contributed by atoms with Crippen molar-refractivity contribution in [3.8, 4) is 11.4 Å². The molecule has 5 nitrogen and oxygen atoms in total. The second kappa shape index (κ2) is 9.53. The fourth-order valence-electron chi connectivity index (χ4n) is 4.02. The Morgan fingerprint density at radius 1 is 0.909 bits per heavy atom. The average molecular weight is 459 g/mol. The van der Waals surface area contributed by atoms with Gasteiger partial charge in [-0.1, -0.05) is 41.9 Å². The zero-order chi connectivity index (χ0) is 22.6. The standard InChI is InChI=1S/C27H23ClN2O3/c28-23-10-7-20(8-11-23)16-30(17-21-9-12-26-22(15-21)18-32-19-33-26)27(31)24-5-1-2-6-25(24)29-13-3-4-14-29/h1-15H,16-19H2. The first-order valence-electron chi connectivity index (χ1n) is 10.8. The van der Waals surface area contributed by atoms with Crippen LogP contribution in [-0.2, 0) is 24.4 Å². The molecule has 0 fully saturated rings. The van der Waals surface area contributed by atoms with Crippen molar-refractivity contribution in [2.45, 2.75) is 19.7 Å². The Hall–Kier alpha value is -3.54. The molecular formula is C27H23ClN2O3. The fourth-order valence-corrected chi connectivity index (χ4v) is 4.14. The molecule has 0 N–H and O–H groups in total. The number of hydrogen-bond donors (Lipinski definition) is 0. The molecule has 0 unspecified atom stereocenters. The molecule has 0 aliphatic carbocycles. The zero-order valence-electron chi connectivity index (χ0n) is 18.0. The molecule has 0 bridgehead atoms. The van der Waals surface area contributed by atoms with E-state index in [1.54, 1.807) is 0 Å². The van der Waals surface area contributed by atoms with E-state index in [1.807, 2.05) is 94.7 Å². The smallest absolute Gasteiger partial charge is 0.256 e. The van der Waals surface area contributed by atoms with Gasteiger partial charge in [0, 0.05) is 36.1 Å². The molecule has 33 heavy (non-hydrogen) atoms. The van der Waals surface area contributed by atoms with Crippen LogP contribution in [0, 0.1) is 0 Å². The van der Waals surface area contributed by atoms with Gasteiger partial charge in [-0.3, -0.25) is 4.79 Å². The Balaban J connectivity index is 1.49. The van der Waals surface area contributed by atoms with Crippen molar-refractivity contribution in [2.24, 2.45) is 0 Å². The number of nitrogens with zero attached hydrogens (tertiary/aromatic N) is 2. The van der Waals surface area contributed by atoms with Gasteiger partial charge in [0.1, 0.15) is 5.75 Å². The van der Waals surface area contributed by atoms with Crippen LogP contribution in [-0.4, -0.2) is 22.2 Å². The van der Waals surface area contributed by atoms with Crippen LogP contribution < -0.4 is 4.74 Å². The van der Waals surface area contributed by atoms with Crippen LogP contribution in [0.15, 0.2) is 91.3 Å². The Morgan fingerprint density at radius 3 is 2.45 bits per heavy atom. The summed E-state index contributed by atoms with van der Waals surface area (Å²) < 4.78 is 12.9. The molecule has 0 saturated carbocycles. The third kappa shape index (κ3) is 4.80. The zero-order valence-corrected chi connectivity index (χ0v) is 18.7. The summed E-state index contributed by atoms with van der Waals surface area (Å²) in [6, 6.07) is 25.2. The summed E-state index contributed by atoms with van der Waals surface area (Å²) >= 11 is 6.07. The van der Waals surface area contributed by atoms with E-state index < -0.39 is 0 Å².